The number of carbonyl (C=O) groups is 3. The van der Waals surface area contributed by atoms with Gasteiger partial charge in [-0.3, -0.25) is 14.4 Å². The fourth-order valence-electron chi connectivity index (χ4n) is 2.43. The number of hydrogen-bond acceptors (Lipinski definition) is 5. The molecule has 0 saturated heterocycles. The Labute approximate surface area is 164 Å². The summed E-state index contributed by atoms with van der Waals surface area (Å²) in [6, 6.07) is 16.3. The van der Waals surface area contributed by atoms with E-state index in [1.807, 2.05) is 30.3 Å². The maximum atomic E-state index is 12.0. The first kappa shape index (κ1) is 21.2. The van der Waals surface area contributed by atoms with Gasteiger partial charge in [0.15, 0.2) is 11.9 Å². The van der Waals surface area contributed by atoms with E-state index in [0.29, 0.717) is 30.9 Å². The smallest absolute Gasteiger partial charge is 0.306 e. The molecule has 148 valence electrons. The second kappa shape index (κ2) is 10.9. The van der Waals surface area contributed by atoms with E-state index in [4.69, 9.17) is 9.47 Å². The Kier molecular flexibility index (Phi) is 8.21. The summed E-state index contributed by atoms with van der Waals surface area (Å²) >= 11 is 0. The Balaban J connectivity index is 1.63. The topological polar surface area (TPSA) is 81.7 Å². The monoisotopic (exact) mass is 383 g/mol. The molecular weight excluding hydrogens is 358 g/mol. The highest BCUT2D eigenvalue weighted by atomic mass is 16.5. The van der Waals surface area contributed by atoms with Crippen molar-refractivity contribution in [2.24, 2.45) is 0 Å². The first-order valence-corrected chi connectivity index (χ1v) is 9.20. The van der Waals surface area contributed by atoms with Crippen molar-refractivity contribution in [3.8, 4) is 5.75 Å². The van der Waals surface area contributed by atoms with Crippen LogP contribution in [0.3, 0.4) is 0 Å². The summed E-state index contributed by atoms with van der Waals surface area (Å²) in [4.78, 5) is 35.1. The van der Waals surface area contributed by atoms with E-state index in [1.165, 1.54) is 6.92 Å². The number of esters is 1. The maximum Gasteiger partial charge on any atom is 0.306 e. The van der Waals surface area contributed by atoms with Crippen LogP contribution < -0.4 is 10.1 Å². The van der Waals surface area contributed by atoms with E-state index < -0.39 is 12.1 Å². The lowest BCUT2D eigenvalue weighted by atomic mass is 10.1. The van der Waals surface area contributed by atoms with E-state index in [-0.39, 0.29) is 18.1 Å². The Bertz CT molecular complexity index is 786. The number of hydrogen-bond donors (Lipinski definition) is 1. The Hall–Kier alpha value is -3.15. The summed E-state index contributed by atoms with van der Waals surface area (Å²) in [6.45, 7) is 3.77. The fraction of sp³-hybridized carbons (Fsp3) is 0.318. The van der Waals surface area contributed by atoms with Gasteiger partial charge in [0.25, 0.3) is 5.91 Å². The maximum absolute atomic E-state index is 12.0. The first-order chi connectivity index (χ1) is 13.5. The predicted molar refractivity (Wildman–Crippen MR) is 105 cm³/mol. The van der Waals surface area contributed by atoms with E-state index in [1.54, 1.807) is 31.2 Å². The molecule has 6 heteroatoms. The van der Waals surface area contributed by atoms with Gasteiger partial charge in [-0.05, 0) is 50.1 Å². The second-order valence-corrected chi connectivity index (χ2v) is 6.37. The number of benzene rings is 2. The Morgan fingerprint density at radius 3 is 2.32 bits per heavy atom. The van der Waals surface area contributed by atoms with E-state index in [9.17, 15) is 14.4 Å². The first-order valence-electron chi connectivity index (χ1n) is 9.20. The van der Waals surface area contributed by atoms with Crippen LogP contribution >= 0.6 is 0 Å². The zero-order valence-electron chi connectivity index (χ0n) is 16.1. The highest BCUT2D eigenvalue weighted by Gasteiger charge is 2.17. The number of amides is 1. The summed E-state index contributed by atoms with van der Waals surface area (Å²) in [7, 11) is 0. The fourth-order valence-corrected chi connectivity index (χ4v) is 2.43. The molecule has 0 saturated carbocycles. The summed E-state index contributed by atoms with van der Waals surface area (Å²) in [5.41, 5.74) is 1.60. The van der Waals surface area contributed by atoms with Crippen LogP contribution in [0.15, 0.2) is 54.6 Å². The molecule has 1 N–H and O–H groups in total. The van der Waals surface area contributed by atoms with E-state index >= 15 is 0 Å². The molecule has 0 aliphatic carbocycles. The van der Waals surface area contributed by atoms with Gasteiger partial charge in [-0.15, -0.1) is 0 Å². The molecular formula is C22H25NO5. The molecule has 2 aromatic carbocycles. The third-order valence-electron chi connectivity index (χ3n) is 4.04. The molecule has 6 nitrogen and oxygen atoms in total. The zero-order valence-corrected chi connectivity index (χ0v) is 16.1. The number of nitrogens with one attached hydrogen (secondary N) is 1. The molecule has 1 amide bonds. The molecule has 0 aromatic heterocycles. The van der Waals surface area contributed by atoms with Gasteiger partial charge in [0.05, 0.1) is 6.61 Å². The standard InChI is InChI=1S/C22H25NO5/c1-16(24)19-10-12-20(13-11-19)27-14-6-9-21(25)28-17(2)22(26)23-15-18-7-4-3-5-8-18/h3-5,7-8,10-13,17H,6,9,14-15H2,1-2H3,(H,23,26)/t17-/m0/s1. The lowest BCUT2D eigenvalue weighted by molar-refractivity contribution is -0.155. The van der Waals surface area contributed by atoms with Gasteiger partial charge in [-0.25, -0.2) is 0 Å². The third kappa shape index (κ3) is 7.23. The molecule has 0 radical (unpaired) electrons. The van der Waals surface area contributed by atoms with Crippen LogP contribution in [0.2, 0.25) is 0 Å². The van der Waals surface area contributed by atoms with Crippen LogP contribution in [0, 0.1) is 0 Å². The summed E-state index contributed by atoms with van der Waals surface area (Å²) in [5.74, 6) is -0.153. The largest absolute Gasteiger partial charge is 0.494 e. The lowest BCUT2D eigenvalue weighted by Crippen LogP contribution is -2.35. The van der Waals surface area contributed by atoms with Crippen molar-refractivity contribution in [1.82, 2.24) is 5.32 Å². The molecule has 28 heavy (non-hydrogen) atoms. The highest BCUT2D eigenvalue weighted by Crippen LogP contribution is 2.13. The number of Topliss-reactive ketones (excluding diaryl/α,β-unsaturated/α-hetero) is 1. The average Bonchev–Trinajstić information content (AvgIpc) is 2.70. The van der Waals surface area contributed by atoms with Crippen LogP contribution in [0.25, 0.3) is 0 Å². The second-order valence-electron chi connectivity index (χ2n) is 6.37. The highest BCUT2D eigenvalue weighted by molar-refractivity contribution is 5.94. The number of rotatable bonds is 10. The lowest BCUT2D eigenvalue weighted by Gasteiger charge is -2.13. The van der Waals surface area contributed by atoms with Gasteiger partial charge in [-0.2, -0.15) is 0 Å². The minimum Gasteiger partial charge on any atom is -0.494 e. The van der Waals surface area contributed by atoms with Crippen molar-refractivity contribution in [3.63, 3.8) is 0 Å². The molecule has 0 aliphatic rings. The molecule has 0 heterocycles. The van der Waals surface area contributed by atoms with Crippen LogP contribution in [-0.2, 0) is 20.9 Å². The summed E-state index contributed by atoms with van der Waals surface area (Å²) in [5, 5.41) is 2.74. The van der Waals surface area contributed by atoms with E-state index in [2.05, 4.69) is 5.32 Å². The molecule has 1 atom stereocenters. The van der Waals surface area contributed by atoms with Gasteiger partial charge in [-0.1, -0.05) is 30.3 Å². The van der Waals surface area contributed by atoms with Crippen molar-refractivity contribution >= 4 is 17.7 Å². The van der Waals surface area contributed by atoms with Gasteiger partial charge in [0, 0.05) is 18.5 Å². The average molecular weight is 383 g/mol. The van der Waals surface area contributed by atoms with Crippen molar-refractivity contribution in [3.05, 3.63) is 65.7 Å². The zero-order chi connectivity index (χ0) is 20.4. The number of ether oxygens (including phenoxy) is 2. The quantitative estimate of drug-likeness (QED) is 0.387. The Morgan fingerprint density at radius 2 is 1.68 bits per heavy atom. The van der Waals surface area contributed by atoms with Crippen molar-refractivity contribution in [1.29, 1.82) is 0 Å². The van der Waals surface area contributed by atoms with E-state index in [0.717, 1.165) is 5.56 Å². The molecule has 2 rings (SSSR count). The van der Waals surface area contributed by atoms with Gasteiger partial charge < -0.3 is 14.8 Å². The SMILES string of the molecule is CC(=O)c1ccc(OCCCC(=O)O[C@@H](C)C(=O)NCc2ccccc2)cc1. The Morgan fingerprint density at radius 1 is 1.00 bits per heavy atom. The minimum atomic E-state index is -0.851. The molecule has 0 bridgehead atoms. The number of carbonyl (C=O) groups excluding carboxylic acids is 3. The van der Waals surface area contributed by atoms with Gasteiger partial charge >= 0.3 is 5.97 Å². The van der Waals surface area contributed by atoms with Crippen LogP contribution in [0.4, 0.5) is 0 Å². The van der Waals surface area contributed by atoms with Crippen molar-refractivity contribution in [2.45, 2.75) is 39.3 Å². The molecule has 0 unspecified atom stereocenters. The van der Waals surface area contributed by atoms with Crippen molar-refractivity contribution in [2.75, 3.05) is 6.61 Å². The van der Waals surface area contributed by atoms with Crippen LogP contribution in [0.1, 0.15) is 42.6 Å². The predicted octanol–water partition coefficient (Wildman–Crippen LogP) is 3.30. The van der Waals surface area contributed by atoms with Gasteiger partial charge in [0.2, 0.25) is 0 Å². The molecule has 0 spiro atoms. The number of ketones is 1. The van der Waals surface area contributed by atoms with Gasteiger partial charge in [0.1, 0.15) is 5.75 Å². The van der Waals surface area contributed by atoms with Crippen LogP contribution in [0.5, 0.6) is 5.75 Å². The summed E-state index contributed by atoms with van der Waals surface area (Å²) < 4.78 is 10.7. The summed E-state index contributed by atoms with van der Waals surface area (Å²) in [6.07, 6.45) is -0.232. The minimum absolute atomic E-state index is 0.00350. The molecule has 2 aromatic rings. The van der Waals surface area contributed by atoms with Crippen LogP contribution in [-0.4, -0.2) is 30.4 Å². The third-order valence-corrected chi connectivity index (χ3v) is 4.04. The van der Waals surface area contributed by atoms with Crippen molar-refractivity contribution < 1.29 is 23.9 Å². The molecule has 0 aliphatic heterocycles. The normalized spacial score (nSPS) is 11.4. The molecule has 0 fully saturated rings.